The van der Waals surface area contributed by atoms with E-state index in [2.05, 4.69) is 20.4 Å². The van der Waals surface area contributed by atoms with Crippen LogP contribution in [-0.4, -0.2) is 43.9 Å². The number of aromatic nitrogens is 5. The molecule has 0 bridgehead atoms. The molecule has 18 heteroatoms. The number of carbonyl (C=O) groups is 1. The quantitative estimate of drug-likeness (QED) is 0.282. The molecule has 1 aromatic carbocycles. The van der Waals surface area contributed by atoms with Crippen LogP contribution in [0.15, 0.2) is 24.3 Å². The fourth-order valence-electron chi connectivity index (χ4n) is 4.84. The number of ether oxygens (including phenoxy) is 1. The van der Waals surface area contributed by atoms with Gasteiger partial charge in [0.05, 0.1) is 53.0 Å². The van der Waals surface area contributed by atoms with Gasteiger partial charge < -0.3 is 9.64 Å². The molecule has 44 heavy (non-hydrogen) atoms. The molecule has 4 rings (SSSR count). The molecule has 3 heterocycles. The highest BCUT2D eigenvalue weighted by Crippen LogP contribution is 2.43. The Balaban J connectivity index is 1.92. The van der Waals surface area contributed by atoms with E-state index >= 15 is 0 Å². The fourth-order valence-corrected chi connectivity index (χ4v) is 4.84. The zero-order valence-electron chi connectivity index (χ0n) is 23.6. The Morgan fingerprint density at radius 1 is 1.00 bits per heavy atom. The minimum atomic E-state index is -5.12. The number of benzene rings is 1. The maximum Gasteiger partial charge on any atom is 0.418 e. The Morgan fingerprint density at radius 2 is 1.61 bits per heavy atom. The number of pyridine rings is 1. The highest BCUT2D eigenvalue weighted by molar-refractivity contribution is 5.89. The third kappa shape index (κ3) is 7.15. The maximum absolute atomic E-state index is 13.9. The topological polar surface area (TPSA) is 89.3 Å². The lowest BCUT2D eigenvalue weighted by Crippen LogP contribution is -2.35. The van der Waals surface area contributed by atoms with Crippen LogP contribution in [0.1, 0.15) is 66.4 Å². The number of carbonyl (C=O) groups excluding carboxylic acids is 1. The van der Waals surface area contributed by atoms with Crippen molar-refractivity contribution in [1.82, 2.24) is 25.2 Å². The van der Waals surface area contributed by atoms with Gasteiger partial charge in [0, 0.05) is 13.1 Å². The molecular weight excluding hydrogens is 613 g/mol. The number of rotatable bonds is 5. The van der Waals surface area contributed by atoms with Gasteiger partial charge in [-0.3, -0.25) is 9.88 Å². The maximum atomic E-state index is 13.9. The first-order valence-corrected chi connectivity index (χ1v) is 13.1. The van der Waals surface area contributed by atoms with Crippen LogP contribution in [0.5, 0.6) is 0 Å². The van der Waals surface area contributed by atoms with E-state index in [-0.39, 0.29) is 42.8 Å². The van der Waals surface area contributed by atoms with Gasteiger partial charge >= 0.3 is 24.6 Å². The second-order valence-electron chi connectivity index (χ2n) is 10.4. The number of hydrogen-bond acceptors (Lipinski definition) is 7. The average molecular weight is 640 g/mol. The van der Waals surface area contributed by atoms with E-state index in [1.165, 1.54) is 11.9 Å². The molecule has 1 atom stereocenters. The second kappa shape index (κ2) is 11.8. The van der Waals surface area contributed by atoms with Gasteiger partial charge in [0.15, 0.2) is 0 Å². The van der Waals surface area contributed by atoms with Crippen molar-refractivity contribution >= 4 is 17.7 Å². The summed E-state index contributed by atoms with van der Waals surface area (Å²) in [6.07, 6.45) is -16.5. The highest BCUT2D eigenvalue weighted by atomic mass is 19.4. The van der Waals surface area contributed by atoms with E-state index < -0.39 is 71.3 Å². The monoisotopic (exact) mass is 639 g/mol. The molecule has 0 aliphatic carbocycles. The molecule has 0 fully saturated rings. The van der Waals surface area contributed by atoms with Gasteiger partial charge in [-0.2, -0.15) is 44.3 Å². The number of nitrogens with zero attached hydrogens (tertiary/aromatic N) is 7. The zero-order chi connectivity index (χ0) is 32.8. The summed E-state index contributed by atoms with van der Waals surface area (Å²) in [4.78, 5) is 20.4. The molecule has 0 spiro atoms. The van der Waals surface area contributed by atoms with Gasteiger partial charge in [-0.25, -0.2) is 4.79 Å². The van der Waals surface area contributed by atoms with E-state index in [0.717, 1.165) is 22.7 Å². The summed E-state index contributed by atoms with van der Waals surface area (Å²) in [6, 6.07) is 0.668. The van der Waals surface area contributed by atoms with E-state index in [1.54, 1.807) is 13.8 Å². The number of amides is 1. The lowest BCUT2D eigenvalue weighted by atomic mass is 10.0. The van der Waals surface area contributed by atoms with Crippen molar-refractivity contribution in [1.29, 1.82) is 0 Å². The molecule has 2 aromatic heterocycles. The summed E-state index contributed by atoms with van der Waals surface area (Å²) in [5.74, 6) is -0.244. The first-order chi connectivity index (χ1) is 20.3. The van der Waals surface area contributed by atoms with Crippen molar-refractivity contribution in [3.8, 4) is 0 Å². The average Bonchev–Trinajstić information content (AvgIpc) is 3.22. The standard InChI is InChI=1S/C26H26F9N7O2/c1-13(2)44-23(43)41-7-5-6-19(21-20(41)11-18(14(3)36-21)26(33,34)35)42(22-37-39-40(4)38-22)12-15-8-16(24(27,28)29)10-17(9-15)25(30,31)32/h8-11,13,19H,5-7,12H2,1-4H3. The fraction of sp³-hybridized carbons (Fsp3) is 0.500. The second-order valence-corrected chi connectivity index (χ2v) is 10.4. The Labute approximate surface area is 244 Å². The lowest BCUT2D eigenvalue weighted by molar-refractivity contribution is -0.143. The Morgan fingerprint density at radius 3 is 2.11 bits per heavy atom. The predicted molar refractivity (Wildman–Crippen MR) is 136 cm³/mol. The Hall–Kier alpha value is -4.12. The van der Waals surface area contributed by atoms with Crippen molar-refractivity contribution in [3.63, 3.8) is 0 Å². The molecule has 240 valence electrons. The normalized spacial score (nSPS) is 16.1. The van der Waals surface area contributed by atoms with Crippen LogP contribution in [0.4, 0.5) is 55.9 Å². The molecule has 0 radical (unpaired) electrons. The van der Waals surface area contributed by atoms with Crippen LogP contribution in [0.25, 0.3) is 0 Å². The zero-order valence-corrected chi connectivity index (χ0v) is 23.6. The summed E-state index contributed by atoms with van der Waals surface area (Å²) in [5.41, 5.74) is -5.55. The van der Waals surface area contributed by atoms with Gasteiger partial charge in [0.2, 0.25) is 0 Å². The number of aryl methyl sites for hydroxylation is 2. The van der Waals surface area contributed by atoms with Crippen molar-refractivity contribution < 1.29 is 49.0 Å². The van der Waals surface area contributed by atoms with E-state index in [9.17, 15) is 44.3 Å². The first-order valence-electron chi connectivity index (χ1n) is 13.1. The molecule has 1 amide bonds. The van der Waals surface area contributed by atoms with E-state index in [1.807, 2.05) is 0 Å². The van der Waals surface area contributed by atoms with Crippen LogP contribution in [0.3, 0.4) is 0 Å². The number of hydrogen-bond donors (Lipinski definition) is 0. The van der Waals surface area contributed by atoms with Crippen LogP contribution >= 0.6 is 0 Å². The van der Waals surface area contributed by atoms with E-state index in [4.69, 9.17) is 4.74 Å². The predicted octanol–water partition coefficient (Wildman–Crippen LogP) is 6.86. The molecule has 3 aromatic rings. The first kappa shape index (κ1) is 32.8. The minimum absolute atomic E-state index is 0.0167. The minimum Gasteiger partial charge on any atom is -0.446 e. The summed E-state index contributed by atoms with van der Waals surface area (Å²) in [6.45, 7) is 3.40. The summed E-state index contributed by atoms with van der Waals surface area (Å²) >= 11 is 0. The molecule has 1 aliphatic rings. The van der Waals surface area contributed by atoms with Crippen molar-refractivity contribution in [3.05, 3.63) is 57.9 Å². The van der Waals surface area contributed by atoms with Gasteiger partial charge in [0.1, 0.15) is 0 Å². The summed E-state index contributed by atoms with van der Waals surface area (Å²) in [5, 5.41) is 11.6. The van der Waals surface area contributed by atoms with Gasteiger partial charge in [-0.05, 0) is 68.7 Å². The number of tetrazole rings is 1. The highest BCUT2D eigenvalue weighted by Gasteiger charge is 2.41. The molecule has 0 N–H and O–H groups in total. The van der Waals surface area contributed by atoms with E-state index in [0.29, 0.717) is 12.1 Å². The number of fused-ring (bicyclic) bond motifs is 1. The molecule has 0 saturated heterocycles. The van der Waals surface area contributed by atoms with Crippen molar-refractivity contribution in [2.75, 3.05) is 16.3 Å². The Bertz CT molecular complexity index is 1480. The van der Waals surface area contributed by atoms with Gasteiger partial charge in [0.25, 0.3) is 5.95 Å². The van der Waals surface area contributed by atoms with Crippen LogP contribution in [0.2, 0.25) is 0 Å². The lowest BCUT2D eigenvalue weighted by Gasteiger charge is -2.32. The molecule has 9 nitrogen and oxygen atoms in total. The van der Waals surface area contributed by atoms with Crippen molar-refractivity contribution in [2.24, 2.45) is 7.05 Å². The number of anilines is 2. The molecule has 0 saturated carbocycles. The SMILES string of the molecule is Cc1nc2c(cc1C(F)(F)F)N(C(=O)OC(C)C)CCCC2N(Cc1cc(C(F)(F)F)cc(C(F)(F)F)c1)c1nnn(C)n1. The number of alkyl halides is 9. The smallest absolute Gasteiger partial charge is 0.418 e. The van der Waals surface area contributed by atoms with Crippen LogP contribution < -0.4 is 9.80 Å². The molecular formula is C26H26F9N7O2. The largest absolute Gasteiger partial charge is 0.446 e. The summed E-state index contributed by atoms with van der Waals surface area (Å²) in [7, 11) is 1.36. The van der Waals surface area contributed by atoms with Gasteiger partial charge in [-0.1, -0.05) is 5.10 Å². The number of halogens is 9. The molecule has 1 unspecified atom stereocenters. The molecule has 1 aliphatic heterocycles. The van der Waals surface area contributed by atoms with Crippen molar-refractivity contribution in [2.45, 2.75) is 70.8 Å². The third-order valence-electron chi connectivity index (χ3n) is 6.68. The Kier molecular flexibility index (Phi) is 8.76. The van der Waals surface area contributed by atoms with Gasteiger partial charge in [-0.15, -0.1) is 5.10 Å². The van der Waals surface area contributed by atoms with Crippen LogP contribution in [0, 0.1) is 6.92 Å². The third-order valence-corrected chi connectivity index (χ3v) is 6.68. The van der Waals surface area contributed by atoms with Crippen LogP contribution in [-0.2, 0) is 36.9 Å². The summed E-state index contributed by atoms with van der Waals surface area (Å²) < 4.78 is 129.